The molecule has 6 atom stereocenters. The summed E-state index contributed by atoms with van der Waals surface area (Å²) in [6.45, 7) is 11.7. The minimum absolute atomic E-state index is 0.0637. The van der Waals surface area contributed by atoms with Crippen LogP contribution < -0.4 is 0 Å². The Labute approximate surface area is 150 Å². The average Bonchev–Trinajstić information content (AvgIpc) is 2.84. The van der Waals surface area contributed by atoms with Crippen LogP contribution in [-0.4, -0.2) is 38.5 Å². The molecule has 2 bridgehead atoms. The van der Waals surface area contributed by atoms with Gasteiger partial charge in [-0.15, -0.1) is 0 Å². The highest BCUT2D eigenvalue weighted by atomic mass is 32.2. The van der Waals surface area contributed by atoms with E-state index in [2.05, 4.69) is 6.58 Å². The molecule has 0 amide bonds. The van der Waals surface area contributed by atoms with Gasteiger partial charge in [-0.3, -0.25) is 4.18 Å². The zero-order valence-electron chi connectivity index (χ0n) is 15.2. The Morgan fingerprint density at radius 2 is 1.92 bits per heavy atom. The number of carbonyl (C=O) groups is 2. The topological polar surface area (TPSA) is 102 Å². The molecule has 2 aliphatic rings. The molecule has 2 saturated carbocycles. The third-order valence-electron chi connectivity index (χ3n) is 6.56. The molecule has 0 heterocycles. The zero-order valence-corrected chi connectivity index (χ0v) is 16.1. The normalized spacial score (nSPS) is 40.6. The summed E-state index contributed by atoms with van der Waals surface area (Å²) < 4.78 is 38.3. The molecule has 25 heavy (non-hydrogen) atoms. The number of esters is 2. The molecule has 8 heteroatoms. The quantitative estimate of drug-likeness (QED) is 0.399. The molecule has 7 nitrogen and oxygen atoms in total. The molecule has 2 aliphatic carbocycles. The summed E-state index contributed by atoms with van der Waals surface area (Å²) in [4.78, 5) is 23.7. The minimum atomic E-state index is -2.75. The number of rotatable bonds is 6. The van der Waals surface area contributed by atoms with Crippen LogP contribution in [0.25, 0.3) is 0 Å². The molecular weight excluding hydrogens is 348 g/mol. The molecule has 0 N–H and O–H groups in total. The number of ether oxygens (including phenoxy) is 2. The van der Waals surface area contributed by atoms with E-state index in [1.54, 1.807) is 13.8 Å². The smallest absolute Gasteiger partial charge is 0.344 e. The molecule has 6 unspecified atom stereocenters. The van der Waals surface area contributed by atoms with Gasteiger partial charge in [0, 0.05) is 11.0 Å². The Kier molecular flexibility index (Phi) is 5.20. The lowest BCUT2D eigenvalue weighted by Gasteiger charge is -2.51. The maximum absolute atomic E-state index is 12.3. The summed E-state index contributed by atoms with van der Waals surface area (Å²) in [5, 5.41) is 0. The molecule has 0 radical (unpaired) electrons. The highest BCUT2D eigenvalue weighted by Crippen LogP contribution is 2.69. The SMILES string of the molecule is C=C(C)C(=O)OCC(=O)OC1(C)C2(C)CCC(C2C)C1(C)OS(=O)[O-]. The third kappa shape index (κ3) is 2.94. The van der Waals surface area contributed by atoms with Crippen LogP contribution in [0.5, 0.6) is 0 Å². The van der Waals surface area contributed by atoms with E-state index in [1.807, 2.05) is 13.8 Å². The molecule has 0 spiro atoms. The van der Waals surface area contributed by atoms with Crippen LogP contribution in [0.1, 0.15) is 47.5 Å². The standard InChI is InChI=1S/C17H26O7S/c1-10(2)14(19)22-9-13(18)23-17(6)15(4)8-7-12(11(15)3)16(17,5)24-25(20)21/h11-12H,1,7-9H2,2-6H3,(H,20,21)/p-1. The molecule has 0 aromatic rings. The van der Waals surface area contributed by atoms with E-state index >= 15 is 0 Å². The van der Waals surface area contributed by atoms with Crippen molar-refractivity contribution in [3.63, 3.8) is 0 Å². The molecule has 0 aliphatic heterocycles. The van der Waals surface area contributed by atoms with Gasteiger partial charge in [0.1, 0.15) is 11.2 Å². The van der Waals surface area contributed by atoms with Crippen LogP contribution in [0, 0.1) is 17.3 Å². The fourth-order valence-electron chi connectivity index (χ4n) is 4.73. The maximum atomic E-state index is 12.3. The Bertz CT molecular complexity index is 632. The number of fused-ring (bicyclic) bond motifs is 2. The fourth-order valence-corrected chi connectivity index (χ4v) is 5.29. The summed E-state index contributed by atoms with van der Waals surface area (Å²) in [5.74, 6) is -1.39. The van der Waals surface area contributed by atoms with Crippen molar-refractivity contribution < 1.29 is 32.0 Å². The van der Waals surface area contributed by atoms with Gasteiger partial charge in [-0.2, -0.15) is 0 Å². The molecule has 0 aromatic carbocycles. The van der Waals surface area contributed by atoms with Crippen molar-refractivity contribution >= 4 is 23.3 Å². The predicted octanol–water partition coefficient (Wildman–Crippen LogP) is 2.04. The van der Waals surface area contributed by atoms with E-state index in [0.29, 0.717) is 0 Å². The van der Waals surface area contributed by atoms with E-state index in [9.17, 15) is 18.4 Å². The van der Waals surface area contributed by atoms with E-state index in [1.165, 1.54) is 6.92 Å². The van der Waals surface area contributed by atoms with Gasteiger partial charge in [0.25, 0.3) is 0 Å². The van der Waals surface area contributed by atoms with Crippen molar-refractivity contribution in [2.75, 3.05) is 6.61 Å². The van der Waals surface area contributed by atoms with E-state index in [0.717, 1.165) is 12.8 Å². The van der Waals surface area contributed by atoms with E-state index in [4.69, 9.17) is 13.7 Å². The molecule has 0 saturated heterocycles. The largest absolute Gasteiger partial charge is 0.750 e. The summed E-state index contributed by atoms with van der Waals surface area (Å²) >= 11 is -2.75. The Morgan fingerprint density at radius 1 is 1.32 bits per heavy atom. The molecule has 2 fully saturated rings. The van der Waals surface area contributed by atoms with Gasteiger partial charge in [0.15, 0.2) is 6.61 Å². The number of hydrogen-bond acceptors (Lipinski definition) is 7. The first-order valence-electron chi connectivity index (χ1n) is 8.22. The van der Waals surface area contributed by atoms with Crippen LogP contribution in [0.15, 0.2) is 12.2 Å². The second-order valence-electron chi connectivity index (χ2n) is 7.61. The molecule has 0 aromatic heterocycles. The van der Waals surface area contributed by atoms with Crippen molar-refractivity contribution in [1.29, 1.82) is 0 Å². The van der Waals surface area contributed by atoms with Gasteiger partial charge in [0.2, 0.25) is 0 Å². The maximum Gasteiger partial charge on any atom is 0.344 e. The average molecular weight is 373 g/mol. The number of carbonyl (C=O) groups excluding carboxylic acids is 2. The van der Waals surface area contributed by atoms with Crippen LogP contribution in [0.2, 0.25) is 0 Å². The minimum Gasteiger partial charge on any atom is -0.750 e. The van der Waals surface area contributed by atoms with Gasteiger partial charge in [-0.25, -0.2) is 13.8 Å². The zero-order chi connectivity index (χ0) is 19.2. The van der Waals surface area contributed by atoms with Gasteiger partial charge in [-0.05, 0) is 45.4 Å². The van der Waals surface area contributed by atoms with Crippen LogP contribution in [0.3, 0.4) is 0 Å². The first-order valence-corrected chi connectivity index (χ1v) is 9.22. The van der Waals surface area contributed by atoms with Crippen molar-refractivity contribution in [1.82, 2.24) is 0 Å². The third-order valence-corrected chi connectivity index (χ3v) is 7.04. The molecule has 2 rings (SSSR count). The van der Waals surface area contributed by atoms with Crippen molar-refractivity contribution in [3.05, 3.63) is 12.2 Å². The van der Waals surface area contributed by atoms with E-state index in [-0.39, 0.29) is 17.4 Å². The highest BCUT2D eigenvalue weighted by molar-refractivity contribution is 7.74. The lowest BCUT2D eigenvalue weighted by Crippen LogP contribution is -2.62. The summed E-state index contributed by atoms with van der Waals surface area (Å²) in [7, 11) is 0. The summed E-state index contributed by atoms with van der Waals surface area (Å²) in [6.07, 6.45) is 1.59. The fraction of sp³-hybridized carbons (Fsp3) is 0.765. The number of hydrogen-bond donors (Lipinski definition) is 0. The Balaban J connectivity index is 2.25. The lowest BCUT2D eigenvalue weighted by molar-refractivity contribution is -0.213. The summed E-state index contributed by atoms with van der Waals surface area (Å²) in [6, 6.07) is 0. The van der Waals surface area contributed by atoms with Gasteiger partial charge < -0.3 is 14.0 Å². The first-order chi connectivity index (χ1) is 11.4. The van der Waals surface area contributed by atoms with Gasteiger partial charge in [-0.1, -0.05) is 20.4 Å². The summed E-state index contributed by atoms with van der Waals surface area (Å²) in [5.41, 5.74) is -2.62. The highest BCUT2D eigenvalue weighted by Gasteiger charge is 2.75. The van der Waals surface area contributed by atoms with Crippen molar-refractivity contribution in [3.8, 4) is 0 Å². The monoisotopic (exact) mass is 373 g/mol. The molecular formula is C17H25O7S-. The van der Waals surface area contributed by atoms with Crippen LogP contribution >= 0.6 is 0 Å². The second kappa shape index (κ2) is 6.48. The van der Waals surface area contributed by atoms with Gasteiger partial charge >= 0.3 is 11.9 Å². The predicted molar refractivity (Wildman–Crippen MR) is 88.7 cm³/mol. The molecule has 142 valence electrons. The second-order valence-corrected chi connectivity index (χ2v) is 8.18. The van der Waals surface area contributed by atoms with Crippen LogP contribution in [0.4, 0.5) is 0 Å². The van der Waals surface area contributed by atoms with Crippen molar-refractivity contribution in [2.45, 2.75) is 58.7 Å². The Hall–Kier alpha value is -1.25. The van der Waals surface area contributed by atoms with Crippen molar-refractivity contribution in [2.24, 2.45) is 17.3 Å². The van der Waals surface area contributed by atoms with Gasteiger partial charge in [0.05, 0.1) is 11.4 Å². The lowest BCUT2D eigenvalue weighted by atomic mass is 9.66. The first kappa shape index (κ1) is 20.1. The van der Waals surface area contributed by atoms with E-state index < -0.39 is 46.5 Å². The van der Waals surface area contributed by atoms with Crippen LogP contribution in [-0.2, 0) is 34.6 Å². The Morgan fingerprint density at radius 3 is 2.44 bits per heavy atom.